The Kier molecular flexibility index (Phi) is 4.83. The Labute approximate surface area is 138 Å². The molecule has 2 aromatic carbocycles. The number of nitrogen functional groups attached to an aromatic ring is 1. The molecule has 2 rings (SSSR count). The summed E-state index contributed by atoms with van der Waals surface area (Å²) in [5, 5.41) is 14.2. The number of anilines is 3. The van der Waals surface area contributed by atoms with E-state index in [0.717, 1.165) is 0 Å². The fourth-order valence-electron chi connectivity index (χ4n) is 1.65. The molecule has 0 aromatic heterocycles. The summed E-state index contributed by atoms with van der Waals surface area (Å²) in [5.74, 6) is 0. The second kappa shape index (κ2) is 6.61. The Hall–Kier alpha value is -2.04. The van der Waals surface area contributed by atoms with Gasteiger partial charge in [0.25, 0.3) is 0 Å². The summed E-state index contributed by atoms with van der Waals surface area (Å²) in [6, 6.07) is 11.6. The highest BCUT2D eigenvalue weighted by molar-refractivity contribution is 9.11. The van der Waals surface area contributed by atoms with E-state index < -0.39 is 6.03 Å². The number of urea groups is 1. The van der Waals surface area contributed by atoms with Crippen LogP contribution in [0.3, 0.4) is 0 Å². The summed E-state index contributed by atoms with van der Waals surface area (Å²) in [5.41, 5.74) is 7.85. The van der Waals surface area contributed by atoms with E-state index in [1.54, 1.807) is 36.4 Å². The maximum Gasteiger partial charge on any atom is 0.323 e. The zero-order valence-electron chi connectivity index (χ0n) is 10.7. The van der Waals surface area contributed by atoms with Gasteiger partial charge in [0.15, 0.2) is 0 Å². The molecule has 0 radical (unpaired) electrons. The highest BCUT2D eigenvalue weighted by atomic mass is 79.9. The van der Waals surface area contributed by atoms with Gasteiger partial charge < -0.3 is 16.4 Å². The summed E-state index contributed by atoms with van der Waals surface area (Å²) in [7, 11) is 0. The number of benzene rings is 2. The van der Waals surface area contributed by atoms with Crippen molar-refractivity contribution >= 4 is 55.0 Å². The molecule has 0 bridgehead atoms. The smallest absolute Gasteiger partial charge is 0.323 e. The average Bonchev–Trinajstić information content (AvgIpc) is 2.43. The number of nitrogens with one attached hydrogen (secondary N) is 2. The van der Waals surface area contributed by atoms with Crippen LogP contribution in [0.1, 0.15) is 5.56 Å². The summed E-state index contributed by atoms with van der Waals surface area (Å²) in [6.07, 6.45) is 0. The third-order valence-corrected chi connectivity index (χ3v) is 3.80. The summed E-state index contributed by atoms with van der Waals surface area (Å²) in [6.45, 7) is 0. The van der Waals surface area contributed by atoms with E-state index in [1.807, 2.05) is 6.07 Å². The molecule has 0 atom stereocenters. The lowest BCUT2D eigenvalue weighted by atomic mass is 10.2. The molecule has 21 heavy (non-hydrogen) atoms. The van der Waals surface area contributed by atoms with Gasteiger partial charge in [0.1, 0.15) is 0 Å². The molecule has 4 N–H and O–H groups in total. The first-order valence-electron chi connectivity index (χ1n) is 5.82. The molecule has 2 aromatic rings. The van der Waals surface area contributed by atoms with Crippen LogP contribution in [0.25, 0.3) is 0 Å². The van der Waals surface area contributed by atoms with E-state index >= 15 is 0 Å². The lowest BCUT2D eigenvalue weighted by Gasteiger charge is -2.12. The van der Waals surface area contributed by atoms with Crippen molar-refractivity contribution in [1.29, 1.82) is 5.26 Å². The first kappa shape index (κ1) is 15.4. The lowest BCUT2D eigenvalue weighted by Crippen LogP contribution is -2.20. The molecule has 0 heterocycles. The van der Waals surface area contributed by atoms with Gasteiger partial charge in [0, 0.05) is 20.3 Å². The largest absolute Gasteiger partial charge is 0.399 e. The van der Waals surface area contributed by atoms with Crippen LogP contribution in [-0.2, 0) is 0 Å². The predicted molar refractivity (Wildman–Crippen MR) is 90.1 cm³/mol. The SMILES string of the molecule is N#Cc1cccc(NC(=O)Nc2c(Br)cc(N)cc2Br)c1. The van der Waals surface area contributed by atoms with Gasteiger partial charge in [0.2, 0.25) is 0 Å². The van der Waals surface area contributed by atoms with Crippen LogP contribution in [0.2, 0.25) is 0 Å². The highest BCUT2D eigenvalue weighted by Crippen LogP contribution is 2.33. The Morgan fingerprint density at radius 2 is 1.81 bits per heavy atom. The maximum atomic E-state index is 12.0. The number of carbonyl (C=O) groups is 1. The van der Waals surface area contributed by atoms with Crippen LogP contribution in [0.5, 0.6) is 0 Å². The van der Waals surface area contributed by atoms with Crippen molar-refractivity contribution in [2.24, 2.45) is 0 Å². The highest BCUT2D eigenvalue weighted by Gasteiger charge is 2.10. The topological polar surface area (TPSA) is 90.9 Å². The third-order valence-electron chi connectivity index (χ3n) is 2.55. The van der Waals surface area contributed by atoms with Crippen LogP contribution in [0.15, 0.2) is 45.3 Å². The quantitative estimate of drug-likeness (QED) is 0.645. The fourth-order valence-corrected chi connectivity index (χ4v) is 3.07. The number of nitrogens with zero attached hydrogens (tertiary/aromatic N) is 1. The van der Waals surface area contributed by atoms with E-state index in [0.29, 0.717) is 31.6 Å². The van der Waals surface area contributed by atoms with Crippen LogP contribution >= 0.6 is 31.9 Å². The Morgan fingerprint density at radius 3 is 2.43 bits per heavy atom. The molecule has 0 aliphatic carbocycles. The molecule has 0 saturated heterocycles. The number of hydrogen-bond donors (Lipinski definition) is 3. The minimum Gasteiger partial charge on any atom is -0.399 e. The first-order valence-corrected chi connectivity index (χ1v) is 7.41. The minimum atomic E-state index is -0.420. The van der Waals surface area contributed by atoms with Gasteiger partial charge >= 0.3 is 6.03 Å². The van der Waals surface area contributed by atoms with Crippen molar-refractivity contribution in [1.82, 2.24) is 0 Å². The second-order valence-corrected chi connectivity index (χ2v) is 5.84. The van der Waals surface area contributed by atoms with Crippen molar-refractivity contribution in [2.75, 3.05) is 16.4 Å². The molecule has 0 saturated carbocycles. The molecule has 106 valence electrons. The molecule has 5 nitrogen and oxygen atoms in total. The lowest BCUT2D eigenvalue weighted by molar-refractivity contribution is 0.262. The molecule has 0 spiro atoms. The molecule has 7 heteroatoms. The summed E-state index contributed by atoms with van der Waals surface area (Å²) in [4.78, 5) is 12.0. The molecule has 0 aliphatic heterocycles. The monoisotopic (exact) mass is 408 g/mol. The van der Waals surface area contributed by atoms with Gasteiger partial charge in [-0.15, -0.1) is 0 Å². The van der Waals surface area contributed by atoms with Gasteiger partial charge in [-0.1, -0.05) is 6.07 Å². The van der Waals surface area contributed by atoms with Crippen LogP contribution in [-0.4, -0.2) is 6.03 Å². The van der Waals surface area contributed by atoms with E-state index in [4.69, 9.17) is 11.0 Å². The van der Waals surface area contributed by atoms with E-state index in [2.05, 4.69) is 42.5 Å². The van der Waals surface area contributed by atoms with Gasteiger partial charge in [-0.3, -0.25) is 0 Å². The van der Waals surface area contributed by atoms with Crippen LogP contribution in [0, 0.1) is 11.3 Å². The van der Waals surface area contributed by atoms with Gasteiger partial charge in [-0.2, -0.15) is 5.26 Å². The van der Waals surface area contributed by atoms with E-state index in [1.165, 1.54) is 0 Å². The predicted octanol–water partition coefficient (Wildman–Crippen LogP) is 4.31. The van der Waals surface area contributed by atoms with Gasteiger partial charge in [-0.25, -0.2) is 4.79 Å². The second-order valence-electron chi connectivity index (χ2n) is 4.13. The number of carbonyl (C=O) groups excluding carboxylic acids is 1. The van der Waals surface area contributed by atoms with Crippen molar-refractivity contribution in [3.63, 3.8) is 0 Å². The number of rotatable bonds is 2. The zero-order chi connectivity index (χ0) is 15.4. The summed E-state index contributed by atoms with van der Waals surface area (Å²) >= 11 is 6.68. The van der Waals surface area contributed by atoms with E-state index in [-0.39, 0.29) is 0 Å². The minimum absolute atomic E-state index is 0.420. The molecule has 0 unspecified atom stereocenters. The van der Waals surface area contributed by atoms with Gasteiger partial charge in [0.05, 0.1) is 17.3 Å². The number of hydrogen-bond acceptors (Lipinski definition) is 3. The first-order chi connectivity index (χ1) is 9.99. The summed E-state index contributed by atoms with van der Waals surface area (Å²) < 4.78 is 1.32. The molecular weight excluding hydrogens is 400 g/mol. The standard InChI is InChI=1S/C14H10Br2N4O/c15-11-5-9(18)6-12(16)13(11)20-14(21)19-10-3-1-2-8(4-10)7-17/h1-6H,18H2,(H2,19,20,21). The average molecular weight is 410 g/mol. The zero-order valence-corrected chi connectivity index (χ0v) is 13.8. The Balaban J connectivity index is 2.14. The van der Waals surface area contributed by atoms with Crippen molar-refractivity contribution < 1.29 is 4.79 Å². The van der Waals surface area contributed by atoms with Crippen molar-refractivity contribution in [2.45, 2.75) is 0 Å². The molecule has 2 amide bonds. The molecule has 0 fully saturated rings. The van der Waals surface area contributed by atoms with Crippen LogP contribution < -0.4 is 16.4 Å². The number of nitriles is 1. The Bertz CT molecular complexity index is 717. The Morgan fingerprint density at radius 1 is 1.14 bits per heavy atom. The number of nitrogens with two attached hydrogens (primary N) is 1. The number of halogens is 2. The van der Waals surface area contributed by atoms with Crippen LogP contribution in [0.4, 0.5) is 21.9 Å². The molecule has 0 aliphatic rings. The van der Waals surface area contributed by atoms with E-state index in [9.17, 15) is 4.79 Å². The fraction of sp³-hybridized carbons (Fsp3) is 0. The van der Waals surface area contributed by atoms with Crippen molar-refractivity contribution in [3.8, 4) is 6.07 Å². The molecular formula is C14H10Br2N4O. The normalized spacial score (nSPS) is 9.76. The van der Waals surface area contributed by atoms with Crippen molar-refractivity contribution in [3.05, 3.63) is 50.9 Å². The number of amides is 2. The maximum absolute atomic E-state index is 12.0. The van der Waals surface area contributed by atoms with Gasteiger partial charge in [-0.05, 0) is 62.2 Å². The third kappa shape index (κ3) is 3.97.